The molecule has 4 nitrogen and oxygen atoms in total. The second-order valence-electron chi connectivity index (χ2n) is 4.13. The van der Waals surface area contributed by atoms with E-state index in [1.807, 2.05) is 0 Å². The fraction of sp³-hybridized carbons (Fsp3) is 0.154. The van der Waals surface area contributed by atoms with Crippen LogP contribution in [0, 0.1) is 5.21 Å². The molecule has 1 heterocycles. The van der Waals surface area contributed by atoms with Crippen molar-refractivity contribution in [1.82, 2.24) is 0 Å². The minimum absolute atomic E-state index is 0.149. The van der Waals surface area contributed by atoms with Crippen LogP contribution in [0.15, 0.2) is 47.6 Å². The normalized spacial score (nSPS) is 11.5. The van der Waals surface area contributed by atoms with Gasteiger partial charge in [-0.2, -0.15) is 4.73 Å². The second kappa shape index (κ2) is 5.99. The second-order valence-corrected chi connectivity index (χ2v) is 7.00. The number of aromatic nitrogens is 1. The van der Waals surface area contributed by atoms with E-state index in [4.69, 9.17) is 23.2 Å². The van der Waals surface area contributed by atoms with Crippen molar-refractivity contribution in [2.45, 2.75) is 11.4 Å². The SMILES string of the molecule is O=S(=O)(CCc1c(Cl)cccc1Cl)c1cccc[n+]1[O-]. The van der Waals surface area contributed by atoms with E-state index in [0.717, 1.165) is 6.20 Å². The van der Waals surface area contributed by atoms with Crippen LogP contribution < -0.4 is 4.73 Å². The van der Waals surface area contributed by atoms with E-state index in [9.17, 15) is 13.6 Å². The van der Waals surface area contributed by atoms with Gasteiger partial charge < -0.3 is 5.21 Å². The zero-order chi connectivity index (χ0) is 14.8. The molecule has 0 radical (unpaired) electrons. The van der Waals surface area contributed by atoms with Crippen molar-refractivity contribution in [3.63, 3.8) is 0 Å². The van der Waals surface area contributed by atoms with E-state index < -0.39 is 9.84 Å². The van der Waals surface area contributed by atoms with Crippen molar-refractivity contribution in [3.8, 4) is 0 Å². The van der Waals surface area contributed by atoms with Gasteiger partial charge in [-0.3, -0.25) is 0 Å². The first-order chi connectivity index (χ1) is 9.42. The lowest BCUT2D eigenvalue weighted by molar-refractivity contribution is -0.646. The van der Waals surface area contributed by atoms with Crippen LogP contribution in [0.3, 0.4) is 0 Å². The van der Waals surface area contributed by atoms with E-state index in [-0.39, 0.29) is 17.2 Å². The van der Waals surface area contributed by atoms with Gasteiger partial charge in [0.25, 0.3) is 0 Å². The van der Waals surface area contributed by atoms with Crippen LogP contribution in [0.5, 0.6) is 0 Å². The topological polar surface area (TPSA) is 61.1 Å². The molecule has 106 valence electrons. The maximum atomic E-state index is 12.1. The summed E-state index contributed by atoms with van der Waals surface area (Å²) in [5.74, 6) is -0.233. The van der Waals surface area contributed by atoms with Crippen molar-refractivity contribution in [3.05, 3.63) is 63.4 Å². The minimum Gasteiger partial charge on any atom is -0.618 e. The van der Waals surface area contributed by atoms with Gasteiger partial charge in [-0.1, -0.05) is 29.3 Å². The summed E-state index contributed by atoms with van der Waals surface area (Å²) in [5.41, 5.74) is 0.563. The Bertz CT molecular complexity index is 712. The van der Waals surface area contributed by atoms with Gasteiger partial charge in [0.1, 0.15) is 0 Å². The van der Waals surface area contributed by atoms with Crippen molar-refractivity contribution >= 4 is 33.0 Å². The van der Waals surface area contributed by atoms with Crippen LogP contribution in [0.1, 0.15) is 5.56 Å². The van der Waals surface area contributed by atoms with Crippen LogP contribution >= 0.6 is 23.2 Å². The third kappa shape index (κ3) is 3.23. The molecule has 1 aromatic carbocycles. The first kappa shape index (κ1) is 15.1. The van der Waals surface area contributed by atoms with E-state index in [1.54, 1.807) is 18.2 Å². The lowest BCUT2D eigenvalue weighted by Crippen LogP contribution is -2.34. The third-order valence-corrected chi connectivity index (χ3v) is 5.19. The molecule has 0 spiro atoms. The molecule has 0 fully saturated rings. The quantitative estimate of drug-likeness (QED) is 0.639. The van der Waals surface area contributed by atoms with Gasteiger partial charge in [0.2, 0.25) is 9.84 Å². The van der Waals surface area contributed by atoms with Crippen LogP contribution in [0.2, 0.25) is 10.0 Å². The highest BCUT2D eigenvalue weighted by atomic mass is 35.5. The summed E-state index contributed by atoms with van der Waals surface area (Å²) >= 11 is 12.0. The number of rotatable bonds is 4. The molecule has 2 aromatic rings. The van der Waals surface area contributed by atoms with Gasteiger partial charge in [-0.25, -0.2) is 8.42 Å². The maximum absolute atomic E-state index is 12.1. The molecule has 0 atom stereocenters. The Morgan fingerprint density at radius 3 is 2.30 bits per heavy atom. The molecule has 2 rings (SSSR count). The molecule has 0 aliphatic heterocycles. The molecule has 0 saturated carbocycles. The Balaban J connectivity index is 2.25. The lowest BCUT2D eigenvalue weighted by atomic mass is 10.2. The summed E-state index contributed by atoms with van der Waals surface area (Å²) in [4.78, 5) is 0. The molecule has 1 aromatic heterocycles. The molecule has 0 amide bonds. The van der Waals surface area contributed by atoms with Crippen molar-refractivity contribution in [2.24, 2.45) is 0 Å². The fourth-order valence-electron chi connectivity index (χ4n) is 1.77. The maximum Gasteiger partial charge on any atom is 0.308 e. The highest BCUT2D eigenvalue weighted by Gasteiger charge is 2.23. The Morgan fingerprint density at radius 2 is 1.70 bits per heavy atom. The molecular formula is C13H11Cl2NO3S. The van der Waals surface area contributed by atoms with Crippen LogP contribution in [-0.2, 0) is 16.3 Å². The number of benzene rings is 1. The van der Waals surface area contributed by atoms with Crippen molar-refractivity contribution in [1.29, 1.82) is 0 Å². The Labute approximate surface area is 127 Å². The third-order valence-electron chi connectivity index (χ3n) is 2.79. The Kier molecular flexibility index (Phi) is 4.52. The van der Waals surface area contributed by atoms with E-state index >= 15 is 0 Å². The van der Waals surface area contributed by atoms with Crippen molar-refractivity contribution < 1.29 is 13.1 Å². The number of pyridine rings is 1. The minimum atomic E-state index is -3.69. The number of sulfone groups is 1. The molecule has 0 N–H and O–H groups in total. The number of hydrogen-bond acceptors (Lipinski definition) is 3. The Hall–Kier alpha value is -1.30. The summed E-state index contributed by atoms with van der Waals surface area (Å²) in [7, 11) is -3.69. The number of hydrogen-bond donors (Lipinski definition) is 0. The van der Waals surface area contributed by atoms with Gasteiger partial charge in [0.15, 0.2) is 6.20 Å². The first-order valence-corrected chi connectivity index (χ1v) is 8.16. The molecule has 7 heteroatoms. The largest absolute Gasteiger partial charge is 0.618 e. The summed E-state index contributed by atoms with van der Waals surface area (Å²) in [5, 5.41) is 12.0. The zero-order valence-corrected chi connectivity index (χ0v) is 12.6. The molecule has 0 aliphatic rings. The smallest absolute Gasteiger partial charge is 0.308 e. The van der Waals surface area contributed by atoms with Gasteiger partial charge >= 0.3 is 5.03 Å². The highest BCUT2D eigenvalue weighted by Crippen LogP contribution is 2.25. The van der Waals surface area contributed by atoms with Gasteiger partial charge in [-0.05, 0) is 30.2 Å². The lowest BCUT2D eigenvalue weighted by Gasteiger charge is -2.08. The van der Waals surface area contributed by atoms with Gasteiger partial charge in [-0.15, -0.1) is 0 Å². The average molecular weight is 332 g/mol. The standard InChI is InChI=1S/C13H11Cl2NO3S/c14-11-4-3-5-12(15)10(11)7-9-20(18,19)13-6-1-2-8-16(13)17/h1-6,8H,7,9H2. The summed E-state index contributed by atoms with van der Waals surface area (Å²) in [6, 6.07) is 9.22. The predicted octanol–water partition coefficient (Wildman–Crippen LogP) is 2.64. The van der Waals surface area contributed by atoms with Crippen molar-refractivity contribution in [2.75, 3.05) is 5.75 Å². The first-order valence-electron chi connectivity index (χ1n) is 5.75. The fourth-order valence-corrected chi connectivity index (χ4v) is 3.65. The molecule has 0 saturated heterocycles. The monoisotopic (exact) mass is 331 g/mol. The van der Waals surface area contributed by atoms with Crippen LogP contribution in [-0.4, -0.2) is 14.2 Å². The van der Waals surface area contributed by atoms with E-state index in [2.05, 4.69) is 0 Å². The zero-order valence-electron chi connectivity index (χ0n) is 10.3. The summed E-state index contributed by atoms with van der Waals surface area (Å²) in [6.45, 7) is 0. The van der Waals surface area contributed by atoms with E-state index in [0.29, 0.717) is 20.3 Å². The molecule has 0 bridgehead atoms. The van der Waals surface area contributed by atoms with E-state index in [1.165, 1.54) is 18.2 Å². The summed E-state index contributed by atoms with van der Waals surface area (Å²) in [6.07, 6.45) is 1.30. The summed E-state index contributed by atoms with van der Waals surface area (Å²) < 4.78 is 24.6. The van der Waals surface area contributed by atoms with Gasteiger partial charge in [0, 0.05) is 22.2 Å². The molecule has 0 unspecified atom stereocenters. The Morgan fingerprint density at radius 1 is 1.05 bits per heavy atom. The van der Waals surface area contributed by atoms with Crippen LogP contribution in [0.4, 0.5) is 0 Å². The highest BCUT2D eigenvalue weighted by molar-refractivity contribution is 7.91. The average Bonchev–Trinajstić information content (AvgIpc) is 2.38. The predicted molar refractivity (Wildman–Crippen MR) is 77.6 cm³/mol. The number of halogens is 2. The molecule has 20 heavy (non-hydrogen) atoms. The number of nitrogens with zero attached hydrogens (tertiary/aromatic N) is 1. The van der Waals surface area contributed by atoms with Crippen LogP contribution in [0.25, 0.3) is 0 Å². The molecular weight excluding hydrogens is 321 g/mol. The van der Waals surface area contributed by atoms with Gasteiger partial charge in [0.05, 0.1) is 5.75 Å². The molecule has 0 aliphatic carbocycles.